The molecule has 1 N–H and O–H groups in total. The summed E-state index contributed by atoms with van der Waals surface area (Å²) in [5, 5.41) is 4.82. The lowest BCUT2D eigenvalue weighted by Gasteiger charge is -2.32. The van der Waals surface area contributed by atoms with Crippen molar-refractivity contribution in [2.75, 3.05) is 6.54 Å². The second kappa shape index (κ2) is 8.36. The van der Waals surface area contributed by atoms with Gasteiger partial charge in [0, 0.05) is 18.0 Å². The van der Waals surface area contributed by atoms with E-state index in [0.29, 0.717) is 13.1 Å². The third-order valence-corrected chi connectivity index (χ3v) is 5.56. The predicted octanol–water partition coefficient (Wildman–Crippen LogP) is 3.58. The van der Waals surface area contributed by atoms with Gasteiger partial charge in [-0.3, -0.25) is 4.79 Å². The van der Waals surface area contributed by atoms with Crippen LogP contribution in [0.5, 0.6) is 0 Å². The number of benzene rings is 1. The van der Waals surface area contributed by atoms with Crippen LogP contribution in [-0.4, -0.2) is 29.5 Å². The van der Waals surface area contributed by atoms with Crippen molar-refractivity contribution in [2.24, 2.45) is 5.92 Å². The SMILES string of the molecule is CC(C)[C@H](NC(=O)OCc1ccccc1)C(=O)N1CCc2sccc2C1. The number of alkyl carbamates (subject to hydrolysis) is 1. The van der Waals surface area contributed by atoms with E-state index in [1.54, 1.807) is 11.3 Å². The van der Waals surface area contributed by atoms with Crippen molar-refractivity contribution in [3.05, 3.63) is 57.8 Å². The van der Waals surface area contributed by atoms with E-state index < -0.39 is 12.1 Å². The Bertz CT molecular complexity index is 757. The first kappa shape index (κ1) is 18.5. The smallest absolute Gasteiger partial charge is 0.408 e. The van der Waals surface area contributed by atoms with Crippen LogP contribution in [0.2, 0.25) is 0 Å². The molecule has 138 valence electrons. The van der Waals surface area contributed by atoms with Gasteiger partial charge in [-0.1, -0.05) is 44.2 Å². The molecular weight excluding hydrogens is 348 g/mol. The normalized spacial score (nSPS) is 14.7. The molecule has 0 saturated heterocycles. The number of nitrogens with zero attached hydrogens (tertiary/aromatic N) is 1. The first-order chi connectivity index (χ1) is 12.5. The number of rotatable bonds is 5. The average molecular weight is 372 g/mol. The molecule has 1 aromatic carbocycles. The maximum Gasteiger partial charge on any atom is 0.408 e. The van der Waals surface area contributed by atoms with Gasteiger partial charge < -0.3 is 15.0 Å². The highest BCUT2D eigenvalue weighted by Crippen LogP contribution is 2.25. The van der Waals surface area contributed by atoms with Crippen LogP contribution in [-0.2, 0) is 29.1 Å². The number of carbonyl (C=O) groups is 2. The van der Waals surface area contributed by atoms with Gasteiger partial charge in [-0.2, -0.15) is 0 Å². The van der Waals surface area contributed by atoms with E-state index >= 15 is 0 Å². The van der Waals surface area contributed by atoms with Crippen LogP contribution >= 0.6 is 11.3 Å². The topological polar surface area (TPSA) is 58.6 Å². The van der Waals surface area contributed by atoms with Gasteiger partial charge in [0.1, 0.15) is 12.6 Å². The highest BCUT2D eigenvalue weighted by molar-refractivity contribution is 7.10. The van der Waals surface area contributed by atoms with Crippen LogP contribution in [0.15, 0.2) is 41.8 Å². The van der Waals surface area contributed by atoms with Gasteiger partial charge in [-0.15, -0.1) is 11.3 Å². The summed E-state index contributed by atoms with van der Waals surface area (Å²) < 4.78 is 5.27. The number of thiophene rings is 1. The van der Waals surface area contributed by atoms with Gasteiger partial charge in [0.05, 0.1) is 0 Å². The van der Waals surface area contributed by atoms with Crippen molar-refractivity contribution in [3.8, 4) is 0 Å². The van der Waals surface area contributed by atoms with Crippen LogP contribution in [0.4, 0.5) is 4.79 Å². The van der Waals surface area contributed by atoms with E-state index in [0.717, 1.165) is 12.0 Å². The number of carbonyl (C=O) groups excluding carboxylic acids is 2. The molecule has 2 aromatic rings. The summed E-state index contributed by atoms with van der Waals surface area (Å²) in [5.41, 5.74) is 2.12. The van der Waals surface area contributed by atoms with E-state index in [2.05, 4.69) is 16.8 Å². The Morgan fingerprint density at radius 3 is 2.73 bits per heavy atom. The minimum atomic E-state index is -0.585. The van der Waals surface area contributed by atoms with Crippen LogP contribution < -0.4 is 5.32 Å². The van der Waals surface area contributed by atoms with Crippen molar-refractivity contribution in [1.82, 2.24) is 10.2 Å². The van der Waals surface area contributed by atoms with Gasteiger partial charge >= 0.3 is 6.09 Å². The van der Waals surface area contributed by atoms with Crippen LogP contribution in [0, 0.1) is 5.92 Å². The summed E-state index contributed by atoms with van der Waals surface area (Å²) in [5.74, 6) is -0.0656. The third-order valence-electron chi connectivity index (χ3n) is 4.54. The lowest BCUT2D eigenvalue weighted by atomic mass is 10.0. The van der Waals surface area contributed by atoms with Crippen molar-refractivity contribution in [1.29, 1.82) is 0 Å². The van der Waals surface area contributed by atoms with Gasteiger partial charge in [0.2, 0.25) is 5.91 Å². The van der Waals surface area contributed by atoms with E-state index in [1.807, 2.05) is 49.1 Å². The molecule has 0 unspecified atom stereocenters. The van der Waals surface area contributed by atoms with E-state index in [1.165, 1.54) is 10.4 Å². The molecule has 0 saturated carbocycles. The zero-order valence-electron chi connectivity index (χ0n) is 15.1. The van der Waals surface area contributed by atoms with Crippen LogP contribution in [0.3, 0.4) is 0 Å². The summed E-state index contributed by atoms with van der Waals surface area (Å²) >= 11 is 1.74. The summed E-state index contributed by atoms with van der Waals surface area (Å²) in [6, 6.07) is 11.0. The average Bonchev–Trinajstić information content (AvgIpc) is 3.12. The molecule has 0 radical (unpaired) electrons. The Balaban J connectivity index is 1.58. The van der Waals surface area contributed by atoms with Gasteiger partial charge in [-0.25, -0.2) is 4.79 Å². The van der Waals surface area contributed by atoms with Gasteiger partial charge in [-0.05, 0) is 34.9 Å². The van der Waals surface area contributed by atoms with Crippen LogP contribution in [0.25, 0.3) is 0 Å². The Morgan fingerprint density at radius 2 is 2.00 bits per heavy atom. The number of fused-ring (bicyclic) bond motifs is 1. The minimum absolute atomic E-state index is 0.0179. The predicted molar refractivity (Wildman–Crippen MR) is 102 cm³/mol. The van der Waals surface area contributed by atoms with Gasteiger partial charge in [0.15, 0.2) is 0 Å². The maximum absolute atomic E-state index is 12.9. The molecule has 0 bridgehead atoms. The zero-order valence-corrected chi connectivity index (χ0v) is 15.9. The quantitative estimate of drug-likeness (QED) is 0.873. The Kier molecular flexibility index (Phi) is 5.93. The molecule has 1 aromatic heterocycles. The molecule has 5 nitrogen and oxygen atoms in total. The summed E-state index contributed by atoms with van der Waals surface area (Å²) in [6.45, 7) is 5.35. The first-order valence-corrected chi connectivity index (χ1v) is 9.74. The largest absolute Gasteiger partial charge is 0.445 e. The summed E-state index contributed by atoms with van der Waals surface area (Å²) in [4.78, 5) is 28.3. The Morgan fingerprint density at radius 1 is 1.23 bits per heavy atom. The molecule has 6 heteroatoms. The first-order valence-electron chi connectivity index (χ1n) is 8.86. The lowest BCUT2D eigenvalue weighted by molar-refractivity contribution is -0.135. The summed E-state index contributed by atoms with van der Waals surface area (Å²) in [6.07, 6.45) is 0.316. The second-order valence-corrected chi connectivity index (χ2v) is 7.81. The highest BCUT2D eigenvalue weighted by Gasteiger charge is 2.31. The van der Waals surface area contributed by atoms with E-state index in [9.17, 15) is 9.59 Å². The number of amides is 2. The Labute approximate surface area is 158 Å². The number of ether oxygens (including phenoxy) is 1. The number of nitrogens with one attached hydrogen (secondary N) is 1. The third kappa shape index (κ3) is 4.43. The van der Waals surface area contributed by atoms with Crippen molar-refractivity contribution < 1.29 is 14.3 Å². The van der Waals surface area contributed by atoms with Crippen molar-refractivity contribution in [2.45, 2.75) is 39.5 Å². The van der Waals surface area contributed by atoms with E-state index in [-0.39, 0.29) is 18.4 Å². The molecule has 0 aliphatic carbocycles. The Hall–Kier alpha value is -2.34. The van der Waals surface area contributed by atoms with E-state index in [4.69, 9.17) is 4.74 Å². The summed E-state index contributed by atoms with van der Waals surface area (Å²) in [7, 11) is 0. The van der Waals surface area contributed by atoms with Crippen molar-refractivity contribution in [3.63, 3.8) is 0 Å². The molecule has 1 atom stereocenters. The lowest BCUT2D eigenvalue weighted by Crippen LogP contribution is -2.52. The standard InChI is InChI=1S/C20H24N2O3S/c1-14(2)18(21-20(24)25-13-15-6-4-3-5-7-15)19(23)22-10-8-17-16(12-22)9-11-26-17/h3-7,9,11,14,18H,8,10,12-13H2,1-2H3,(H,21,24)/t18-/m0/s1. The van der Waals surface area contributed by atoms with Crippen LogP contribution in [0.1, 0.15) is 29.9 Å². The maximum atomic E-state index is 12.9. The van der Waals surface area contributed by atoms with Crippen molar-refractivity contribution >= 4 is 23.3 Å². The molecule has 0 fully saturated rings. The molecule has 2 heterocycles. The highest BCUT2D eigenvalue weighted by atomic mass is 32.1. The monoisotopic (exact) mass is 372 g/mol. The fraction of sp³-hybridized carbons (Fsp3) is 0.400. The zero-order chi connectivity index (χ0) is 18.5. The van der Waals surface area contributed by atoms with Gasteiger partial charge in [0.25, 0.3) is 0 Å². The minimum Gasteiger partial charge on any atom is -0.445 e. The number of hydrogen-bond donors (Lipinski definition) is 1. The fourth-order valence-corrected chi connectivity index (χ4v) is 3.93. The molecule has 3 rings (SSSR count). The number of hydrogen-bond acceptors (Lipinski definition) is 4. The molecule has 1 aliphatic heterocycles. The molecule has 1 aliphatic rings. The molecule has 2 amide bonds. The molecular formula is C20H24N2O3S. The molecule has 26 heavy (non-hydrogen) atoms. The second-order valence-electron chi connectivity index (χ2n) is 6.81. The fourth-order valence-electron chi connectivity index (χ4n) is 3.04. The molecule has 0 spiro atoms.